The summed E-state index contributed by atoms with van der Waals surface area (Å²) < 4.78 is 86.5. The van der Waals surface area contributed by atoms with E-state index >= 15 is 17.6 Å². The van der Waals surface area contributed by atoms with Crippen LogP contribution in [0.5, 0.6) is 23.4 Å². The maximum atomic E-state index is 17.6. The number of pyridine rings is 3. The van der Waals surface area contributed by atoms with Crippen LogP contribution in [0.1, 0.15) is 53.8 Å². The number of nitrogens with two attached hydrogens (primary N) is 1. The Kier molecular flexibility index (Phi) is 11.9. The topological polar surface area (TPSA) is 137 Å². The van der Waals surface area contributed by atoms with Crippen LogP contribution in [0.3, 0.4) is 0 Å². The van der Waals surface area contributed by atoms with Crippen LogP contribution in [0.4, 0.5) is 35.0 Å². The van der Waals surface area contributed by atoms with Crippen molar-refractivity contribution in [2.24, 2.45) is 0 Å². The highest BCUT2D eigenvalue weighted by molar-refractivity contribution is 5.97. The minimum absolute atomic E-state index is 0.0291. The fourth-order valence-corrected chi connectivity index (χ4v) is 8.18. The molecule has 0 unspecified atom stereocenters. The van der Waals surface area contributed by atoms with Crippen molar-refractivity contribution in [2.75, 3.05) is 63.1 Å². The summed E-state index contributed by atoms with van der Waals surface area (Å²) in [6.45, 7) is 5.01. The molecule has 1 saturated heterocycles. The lowest BCUT2D eigenvalue weighted by atomic mass is 10.0. The molecule has 1 fully saturated rings. The second-order valence-corrected chi connectivity index (χ2v) is 15.5. The van der Waals surface area contributed by atoms with E-state index in [1.54, 1.807) is 50.7 Å². The van der Waals surface area contributed by atoms with Gasteiger partial charge in [0.25, 0.3) is 0 Å². The highest BCUT2D eigenvalue weighted by atomic mass is 19.4. The van der Waals surface area contributed by atoms with Crippen LogP contribution in [0, 0.1) is 12.7 Å². The third-order valence-electron chi connectivity index (χ3n) is 11.5. The van der Waals surface area contributed by atoms with Crippen molar-refractivity contribution in [3.63, 3.8) is 0 Å². The number of benzene rings is 2. The number of halogens is 4. The Bertz CT molecular complexity index is 2510. The quantitative estimate of drug-likeness (QED) is 0.112. The highest BCUT2D eigenvalue weighted by Crippen LogP contribution is 2.46. The van der Waals surface area contributed by atoms with Crippen LogP contribution in [0.25, 0.3) is 22.2 Å². The average Bonchev–Trinajstić information content (AvgIpc) is 3.59. The van der Waals surface area contributed by atoms with Gasteiger partial charge in [-0.05, 0) is 87.8 Å². The number of aryl methyl sites for hydroxylation is 1. The van der Waals surface area contributed by atoms with Gasteiger partial charge in [0, 0.05) is 36.5 Å². The lowest BCUT2D eigenvalue weighted by Crippen LogP contribution is -2.32. The van der Waals surface area contributed by atoms with Gasteiger partial charge < -0.3 is 39.4 Å². The number of anilines is 3. The molecule has 2 atom stereocenters. The smallest absolute Gasteiger partial charge is 0.418 e. The zero-order valence-electron chi connectivity index (χ0n) is 35.0. The monoisotopic (exact) mass is 853 g/mol. The summed E-state index contributed by atoms with van der Waals surface area (Å²) in [6.07, 6.45) is -1.49. The van der Waals surface area contributed by atoms with Crippen LogP contribution in [0.15, 0.2) is 72.9 Å². The molecule has 13 nitrogen and oxygen atoms in total. The molecular weight excluding hydrogens is 807 g/mol. The molecule has 0 amide bonds. The molecule has 0 aliphatic carbocycles. The van der Waals surface area contributed by atoms with E-state index in [0.717, 1.165) is 30.5 Å². The fraction of sp³-hybridized carbons (Fsp3) is 0.356. The zero-order chi connectivity index (χ0) is 43.7. The molecule has 6 aromatic rings. The minimum atomic E-state index is -4.95. The van der Waals surface area contributed by atoms with E-state index < -0.39 is 34.9 Å². The van der Waals surface area contributed by atoms with Crippen LogP contribution in [0.2, 0.25) is 0 Å². The van der Waals surface area contributed by atoms with Gasteiger partial charge in [0.15, 0.2) is 5.82 Å². The Morgan fingerprint density at radius 2 is 1.61 bits per heavy atom. The van der Waals surface area contributed by atoms with Gasteiger partial charge in [-0.1, -0.05) is 30.3 Å². The molecule has 4 aromatic heterocycles. The Balaban J connectivity index is 1.31. The summed E-state index contributed by atoms with van der Waals surface area (Å²) in [5.41, 5.74) is 5.72. The number of hydrogen-bond donors (Lipinski definition) is 1. The van der Waals surface area contributed by atoms with Gasteiger partial charge in [-0.3, -0.25) is 0 Å². The maximum absolute atomic E-state index is 17.6. The van der Waals surface area contributed by atoms with E-state index in [1.807, 2.05) is 54.1 Å². The molecule has 6 heterocycles. The largest absolute Gasteiger partial charge is 0.497 e. The number of methoxy groups -OCH3 is 2. The molecule has 2 aliphatic heterocycles. The van der Waals surface area contributed by atoms with Crippen molar-refractivity contribution in [1.82, 2.24) is 29.8 Å². The van der Waals surface area contributed by atoms with Crippen LogP contribution < -0.4 is 34.5 Å². The first-order valence-corrected chi connectivity index (χ1v) is 20.3. The molecule has 324 valence electrons. The van der Waals surface area contributed by atoms with Crippen molar-refractivity contribution in [1.29, 1.82) is 0 Å². The van der Waals surface area contributed by atoms with Crippen LogP contribution in [-0.4, -0.2) is 83.4 Å². The van der Waals surface area contributed by atoms with E-state index in [1.165, 1.54) is 13.0 Å². The minimum Gasteiger partial charge on any atom is -0.497 e. The van der Waals surface area contributed by atoms with Crippen molar-refractivity contribution in [2.45, 2.75) is 58.0 Å². The molecule has 2 N–H and O–H groups in total. The maximum Gasteiger partial charge on any atom is 0.418 e. The Morgan fingerprint density at radius 1 is 0.935 bits per heavy atom. The van der Waals surface area contributed by atoms with Crippen molar-refractivity contribution < 1.29 is 36.5 Å². The van der Waals surface area contributed by atoms with E-state index in [9.17, 15) is 0 Å². The first-order chi connectivity index (χ1) is 29.8. The number of likely N-dealkylation sites (tertiary alicyclic amines) is 1. The van der Waals surface area contributed by atoms with Crippen molar-refractivity contribution in [3.05, 3.63) is 107 Å². The Hall–Kier alpha value is -6.49. The number of rotatable bonds is 13. The molecule has 17 heteroatoms. The first kappa shape index (κ1) is 42.2. The number of likely N-dealkylation sites (N-methyl/N-ethyl adjacent to an activating group) is 1. The molecule has 62 heavy (non-hydrogen) atoms. The third-order valence-corrected chi connectivity index (χ3v) is 11.5. The molecule has 2 aliphatic rings. The number of nitrogen functional groups attached to an aromatic ring is 1. The Labute approximate surface area is 356 Å². The summed E-state index contributed by atoms with van der Waals surface area (Å²) in [4.78, 5) is 28.5. The van der Waals surface area contributed by atoms with Gasteiger partial charge in [-0.25, -0.2) is 19.3 Å². The van der Waals surface area contributed by atoms with E-state index in [2.05, 4.69) is 24.8 Å². The van der Waals surface area contributed by atoms with Crippen molar-refractivity contribution >= 4 is 28.4 Å². The van der Waals surface area contributed by atoms with E-state index in [0.29, 0.717) is 22.9 Å². The molecule has 8 rings (SSSR count). The van der Waals surface area contributed by atoms with Crippen LogP contribution >= 0.6 is 0 Å². The molecule has 0 radical (unpaired) electrons. The van der Waals surface area contributed by atoms with E-state index in [4.69, 9.17) is 29.7 Å². The van der Waals surface area contributed by atoms with Gasteiger partial charge in [0.1, 0.15) is 58.8 Å². The zero-order valence-corrected chi connectivity index (χ0v) is 35.0. The lowest BCUT2D eigenvalue weighted by molar-refractivity contribution is -0.137. The molecular formula is C45H47F4N9O4. The second-order valence-electron chi connectivity index (χ2n) is 15.5. The van der Waals surface area contributed by atoms with Gasteiger partial charge in [0.05, 0.1) is 38.1 Å². The van der Waals surface area contributed by atoms with Gasteiger partial charge in [-0.15, -0.1) is 0 Å². The predicted molar refractivity (Wildman–Crippen MR) is 227 cm³/mol. The Morgan fingerprint density at radius 3 is 2.21 bits per heavy atom. The van der Waals surface area contributed by atoms with Gasteiger partial charge in [0.2, 0.25) is 5.88 Å². The number of hydrogen-bond acceptors (Lipinski definition) is 13. The fourth-order valence-electron chi connectivity index (χ4n) is 8.18. The predicted octanol–water partition coefficient (Wildman–Crippen LogP) is 8.19. The SMILES string of the molecule is COc1ccc(CN(Cc2ccc(OC)cc2)c2cc(-c3nc4c5c(nc(OC[C@@H]6CCCN6C)nc5c3F)N([C@H](C)c3cccnc3N)CCO4)c(C(F)(F)F)c(C)n2)cc1. The summed E-state index contributed by atoms with van der Waals surface area (Å²) >= 11 is 0. The van der Waals surface area contributed by atoms with Crippen molar-refractivity contribution in [3.8, 4) is 34.6 Å². The summed E-state index contributed by atoms with van der Waals surface area (Å²) in [7, 11) is 5.12. The van der Waals surface area contributed by atoms with Gasteiger partial charge >= 0.3 is 12.2 Å². The molecule has 0 bridgehead atoms. The molecule has 2 aromatic carbocycles. The highest BCUT2D eigenvalue weighted by Gasteiger charge is 2.40. The van der Waals surface area contributed by atoms with E-state index in [-0.39, 0.29) is 79.0 Å². The first-order valence-electron chi connectivity index (χ1n) is 20.3. The summed E-state index contributed by atoms with van der Waals surface area (Å²) in [5.74, 6) is 0.754. The van der Waals surface area contributed by atoms with Crippen LogP contribution in [-0.2, 0) is 19.3 Å². The number of ether oxygens (including phenoxy) is 4. The number of aromatic nitrogens is 5. The number of nitrogens with zero attached hydrogens (tertiary/aromatic N) is 8. The van der Waals surface area contributed by atoms with Gasteiger partial charge in [-0.2, -0.15) is 23.1 Å². The summed E-state index contributed by atoms with van der Waals surface area (Å²) in [5, 5.41) is 0.0867. The average molecular weight is 854 g/mol. The number of alkyl halides is 3. The standard InChI is InChI=1S/C45H47F4N9O4/c1-26-37(45(47,48)49)34(22-35(52-26)57(23-28-10-14-31(59-4)15-11-28)24-29-12-16-32(60-5)17-13-29)39-38(46)40-36-42(55-44(54-40)62-25-30-8-7-19-56(30)3)58(20-21-61-43(36)53-39)27(2)33-9-6-18-51-41(33)50/h6,9-18,22,27,30H,7-8,19-21,23-25H2,1-5H3,(H2,50,51)/t27-,30+/m1/s1. The lowest BCUT2D eigenvalue weighted by Gasteiger charge is -2.30. The summed E-state index contributed by atoms with van der Waals surface area (Å²) in [6, 6.07) is 19.0. The second kappa shape index (κ2) is 17.5. The normalized spacial score (nSPS) is 15.9. The third kappa shape index (κ3) is 8.53. The molecule has 0 spiro atoms. The molecule has 0 saturated carbocycles.